The molecule has 0 fully saturated rings. The van der Waals surface area contributed by atoms with Gasteiger partial charge in [0.2, 0.25) is 0 Å². The first-order chi connectivity index (χ1) is 4.04. The number of ether oxygens (including phenoxy) is 1. The number of carbonyl (C=O) groups excluding carboxylic acids is 1. The molecule has 1 unspecified atom stereocenters. The Morgan fingerprint density at radius 2 is 1.90 bits per heavy atom. The number of hydrogen-bond acceptors (Lipinski definition) is 3. The van der Waals surface area contributed by atoms with Gasteiger partial charge in [-0.2, -0.15) is 0 Å². The van der Waals surface area contributed by atoms with Crippen LogP contribution in [0.1, 0.15) is 22.2 Å². The van der Waals surface area contributed by atoms with Crippen LogP contribution in [0.25, 0.3) is 0 Å². The molecule has 0 heterocycles. The average Bonchev–Trinajstić information content (AvgIpc) is 1.63. The molecule has 0 saturated carbocycles. The molecular weight excluding hydrogens is 143 g/mol. The van der Waals surface area contributed by atoms with Crippen LogP contribution in [0.3, 0.4) is 0 Å². The Balaban J connectivity index is -0.000000320. The molecule has 56 valence electrons. The molecule has 0 spiro atoms. The van der Waals surface area contributed by atoms with Gasteiger partial charge < -0.3 is 11.3 Å². The van der Waals surface area contributed by atoms with Gasteiger partial charge in [-0.05, 0) is 20.8 Å². The number of esters is 1. The van der Waals surface area contributed by atoms with E-state index in [2.05, 4.69) is 4.74 Å². The zero-order chi connectivity index (χ0) is 7.44. The largest absolute Gasteiger partial charge is 1.00 e. The molecule has 4 heteroatoms. The van der Waals surface area contributed by atoms with Crippen LogP contribution < -0.4 is 29.6 Å². The fourth-order valence-electron chi connectivity index (χ4n) is 0.331. The van der Waals surface area contributed by atoms with Gasteiger partial charge in [0.05, 0.1) is 6.10 Å². The van der Waals surface area contributed by atoms with Crippen molar-refractivity contribution in [2.24, 2.45) is 0 Å². The minimum Gasteiger partial charge on any atom is -1.00 e. The molecule has 10 heavy (non-hydrogen) atoms. The molecule has 1 N–H and O–H groups in total. The number of rotatable bonds is 2. The summed E-state index contributed by atoms with van der Waals surface area (Å²) in [5.74, 6) is -0.565. The molecule has 0 radical (unpaired) electrons. The van der Waals surface area contributed by atoms with Gasteiger partial charge in [-0.1, -0.05) is 0 Å². The van der Waals surface area contributed by atoms with Crippen molar-refractivity contribution < 1.29 is 45.6 Å². The quantitative estimate of drug-likeness (QED) is 0.353. The third-order valence-electron chi connectivity index (χ3n) is 0.693. The topological polar surface area (TPSA) is 46.5 Å². The van der Waals surface area contributed by atoms with Gasteiger partial charge in [0.25, 0.3) is 0 Å². The van der Waals surface area contributed by atoms with Gasteiger partial charge >= 0.3 is 35.5 Å². The van der Waals surface area contributed by atoms with Crippen LogP contribution in [0.5, 0.6) is 0 Å². The molecular formula is C6H13NaO3. The summed E-state index contributed by atoms with van der Waals surface area (Å²) in [4.78, 5) is 10.5. The molecule has 0 aromatic rings. The minimum atomic E-state index is -1.01. The first-order valence-corrected chi connectivity index (χ1v) is 2.92. The van der Waals surface area contributed by atoms with Gasteiger partial charge in [-0.3, -0.25) is 0 Å². The number of aliphatic hydroxyl groups is 1. The molecule has 0 aliphatic rings. The second kappa shape index (κ2) is 6.16. The summed E-state index contributed by atoms with van der Waals surface area (Å²) >= 11 is 0. The second-order valence-corrected chi connectivity index (χ2v) is 2.16. The summed E-state index contributed by atoms with van der Waals surface area (Å²) in [6.45, 7) is 4.85. The second-order valence-electron chi connectivity index (χ2n) is 2.16. The van der Waals surface area contributed by atoms with E-state index in [0.717, 1.165) is 0 Å². The smallest absolute Gasteiger partial charge is 1.00 e. The van der Waals surface area contributed by atoms with Crippen molar-refractivity contribution in [3.05, 3.63) is 0 Å². The maximum atomic E-state index is 10.5. The summed E-state index contributed by atoms with van der Waals surface area (Å²) in [5, 5.41) is 8.60. The van der Waals surface area contributed by atoms with Crippen molar-refractivity contribution in [1.82, 2.24) is 0 Å². The van der Waals surface area contributed by atoms with Gasteiger partial charge in [-0.15, -0.1) is 0 Å². The Kier molecular flexibility index (Phi) is 8.04. The fourth-order valence-corrected chi connectivity index (χ4v) is 0.331. The first-order valence-electron chi connectivity index (χ1n) is 2.92. The predicted octanol–water partition coefficient (Wildman–Crippen LogP) is -2.56. The van der Waals surface area contributed by atoms with Crippen molar-refractivity contribution in [1.29, 1.82) is 0 Å². The van der Waals surface area contributed by atoms with Crippen molar-refractivity contribution in [2.75, 3.05) is 0 Å². The van der Waals surface area contributed by atoms with E-state index in [9.17, 15) is 4.79 Å². The van der Waals surface area contributed by atoms with Gasteiger partial charge in [0.1, 0.15) is 6.10 Å². The SMILES string of the molecule is CC(C)OC(=O)C(C)O.[H-].[Na+]. The van der Waals surface area contributed by atoms with E-state index in [1.807, 2.05) is 0 Å². The Morgan fingerprint density at radius 3 is 2.00 bits per heavy atom. The van der Waals surface area contributed by atoms with Crippen molar-refractivity contribution in [3.63, 3.8) is 0 Å². The Hall–Kier alpha value is 0.430. The summed E-state index contributed by atoms with van der Waals surface area (Å²) in [6.07, 6.45) is -1.15. The molecule has 0 bridgehead atoms. The van der Waals surface area contributed by atoms with Crippen molar-refractivity contribution in [2.45, 2.75) is 33.0 Å². The molecule has 1 atom stereocenters. The van der Waals surface area contributed by atoms with E-state index in [4.69, 9.17) is 5.11 Å². The van der Waals surface area contributed by atoms with Gasteiger partial charge in [0, 0.05) is 0 Å². The van der Waals surface area contributed by atoms with Crippen molar-refractivity contribution in [3.8, 4) is 0 Å². The summed E-state index contributed by atoms with van der Waals surface area (Å²) in [6, 6.07) is 0. The van der Waals surface area contributed by atoms with Crippen LogP contribution in [-0.4, -0.2) is 23.3 Å². The molecule has 0 aliphatic heterocycles. The van der Waals surface area contributed by atoms with E-state index < -0.39 is 12.1 Å². The van der Waals surface area contributed by atoms with Gasteiger partial charge in [-0.25, -0.2) is 4.79 Å². The van der Waals surface area contributed by atoms with Crippen molar-refractivity contribution >= 4 is 5.97 Å². The standard InChI is InChI=1S/C6H12O3.Na.H/c1-4(2)9-6(8)5(3)7;;/h4-5,7H,1-3H3;;/q;+1;-1. The maximum Gasteiger partial charge on any atom is 1.00 e. The average molecular weight is 156 g/mol. The maximum absolute atomic E-state index is 10.5. The van der Waals surface area contributed by atoms with Crippen LogP contribution in [-0.2, 0) is 9.53 Å². The van der Waals surface area contributed by atoms with E-state index in [1.165, 1.54) is 6.92 Å². The predicted molar refractivity (Wildman–Crippen MR) is 34.0 cm³/mol. The van der Waals surface area contributed by atoms with Crippen LogP contribution >= 0.6 is 0 Å². The summed E-state index contributed by atoms with van der Waals surface area (Å²) < 4.78 is 4.62. The third-order valence-corrected chi connectivity index (χ3v) is 0.693. The Morgan fingerprint density at radius 1 is 1.50 bits per heavy atom. The zero-order valence-electron chi connectivity index (χ0n) is 7.92. The third kappa shape index (κ3) is 6.55. The fraction of sp³-hybridized carbons (Fsp3) is 0.833. The van der Waals surface area contributed by atoms with E-state index in [0.29, 0.717) is 0 Å². The molecule has 0 rings (SSSR count). The zero-order valence-corrected chi connectivity index (χ0v) is 8.92. The van der Waals surface area contributed by atoms with Crippen LogP contribution in [0, 0.1) is 0 Å². The normalized spacial score (nSPS) is 12.1. The number of hydrogen-bond donors (Lipinski definition) is 1. The van der Waals surface area contributed by atoms with Crippen LogP contribution in [0.4, 0.5) is 0 Å². The molecule has 0 aromatic heterocycles. The molecule has 3 nitrogen and oxygen atoms in total. The minimum absolute atomic E-state index is 0. The number of aliphatic hydroxyl groups excluding tert-OH is 1. The number of carbonyl (C=O) groups is 1. The summed E-state index contributed by atoms with van der Waals surface area (Å²) in [7, 11) is 0. The molecule has 0 amide bonds. The Bertz CT molecular complexity index is 106. The van der Waals surface area contributed by atoms with Crippen LogP contribution in [0.2, 0.25) is 0 Å². The van der Waals surface area contributed by atoms with E-state index >= 15 is 0 Å². The monoisotopic (exact) mass is 156 g/mol. The molecule has 0 saturated heterocycles. The first kappa shape index (κ1) is 13.1. The van der Waals surface area contributed by atoms with Crippen LogP contribution in [0.15, 0.2) is 0 Å². The molecule has 0 aliphatic carbocycles. The Labute approximate surface area is 84.5 Å². The van der Waals surface area contributed by atoms with Gasteiger partial charge in [0.15, 0.2) is 0 Å². The van der Waals surface area contributed by atoms with E-state index in [1.54, 1.807) is 13.8 Å². The summed E-state index contributed by atoms with van der Waals surface area (Å²) in [5.41, 5.74) is 0. The van der Waals surface area contributed by atoms with E-state index in [-0.39, 0.29) is 37.1 Å². The molecule has 0 aromatic carbocycles.